The van der Waals surface area contributed by atoms with E-state index in [1.54, 1.807) is 18.2 Å². The van der Waals surface area contributed by atoms with E-state index in [9.17, 15) is 13.2 Å². The highest BCUT2D eigenvalue weighted by molar-refractivity contribution is 7.90. The summed E-state index contributed by atoms with van der Waals surface area (Å²) in [6, 6.07) is 7.29. The van der Waals surface area contributed by atoms with Crippen molar-refractivity contribution in [2.75, 3.05) is 13.6 Å². The van der Waals surface area contributed by atoms with Gasteiger partial charge in [0.15, 0.2) is 0 Å². The van der Waals surface area contributed by atoms with Crippen LogP contribution in [-0.2, 0) is 14.8 Å². The predicted molar refractivity (Wildman–Crippen MR) is 111 cm³/mol. The SMILES string of the molecule is CC1CCC(N(C)C(=O)CCCCCN=C2NS(=O)(=O)c3ccccc32)CC1. The summed E-state index contributed by atoms with van der Waals surface area (Å²) in [5.74, 6) is 1.46. The van der Waals surface area contributed by atoms with Gasteiger partial charge in [-0.05, 0) is 56.6 Å². The van der Waals surface area contributed by atoms with Crippen LogP contribution in [0, 0.1) is 5.92 Å². The summed E-state index contributed by atoms with van der Waals surface area (Å²) in [7, 11) is -1.53. The van der Waals surface area contributed by atoms with E-state index in [4.69, 9.17) is 0 Å². The van der Waals surface area contributed by atoms with Crippen molar-refractivity contribution in [3.8, 4) is 0 Å². The number of aliphatic imine (C=N–C) groups is 1. The molecule has 1 amide bonds. The Hall–Kier alpha value is -1.89. The Labute approximate surface area is 168 Å². The number of unbranched alkanes of at least 4 members (excludes halogenated alkanes) is 2. The van der Waals surface area contributed by atoms with Crippen molar-refractivity contribution < 1.29 is 13.2 Å². The molecule has 0 unspecified atom stereocenters. The molecule has 3 rings (SSSR count). The van der Waals surface area contributed by atoms with Crippen LogP contribution in [0.5, 0.6) is 0 Å². The molecule has 1 aliphatic carbocycles. The minimum Gasteiger partial charge on any atom is -0.343 e. The molecule has 1 fully saturated rings. The second kappa shape index (κ2) is 9.07. The normalized spacial score (nSPS) is 24.6. The lowest BCUT2D eigenvalue weighted by molar-refractivity contribution is -0.132. The standard InChI is InChI=1S/C21H31N3O3S/c1-16-11-13-17(14-12-16)24(2)20(25)10-4-3-7-15-22-21-18-8-5-6-9-19(18)28(26,27)23-21/h5-6,8-9,16-17H,3-4,7,10-15H2,1-2H3,(H,22,23). The van der Waals surface area contributed by atoms with E-state index in [-0.39, 0.29) is 5.91 Å². The largest absolute Gasteiger partial charge is 0.343 e. The maximum Gasteiger partial charge on any atom is 0.263 e. The first kappa shape index (κ1) is 20.8. The third-order valence-electron chi connectivity index (χ3n) is 5.91. The lowest BCUT2D eigenvalue weighted by Gasteiger charge is -2.33. The third-order valence-corrected chi connectivity index (χ3v) is 7.31. The molecule has 0 spiro atoms. The van der Waals surface area contributed by atoms with Crippen molar-refractivity contribution >= 4 is 21.8 Å². The second-order valence-corrected chi connectivity index (χ2v) is 9.71. The molecule has 2 aliphatic rings. The minimum atomic E-state index is -3.47. The number of amides is 1. The van der Waals surface area contributed by atoms with Crippen LogP contribution in [0.15, 0.2) is 34.2 Å². The molecule has 28 heavy (non-hydrogen) atoms. The molecule has 7 heteroatoms. The van der Waals surface area contributed by atoms with E-state index in [1.807, 2.05) is 18.0 Å². The van der Waals surface area contributed by atoms with E-state index in [0.717, 1.165) is 38.0 Å². The number of hydrogen-bond donors (Lipinski definition) is 1. The molecular formula is C21H31N3O3S. The van der Waals surface area contributed by atoms with Crippen LogP contribution in [0.25, 0.3) is 0 Å². The Balaban J connectivity index is 1.39. The van der Waals surface area contributed by atoms with Crippen LogP contribution >= 0.6 is 0 Å². The Morgan fingerprint density at radius 1 is 1.14 bits per heavy atom. The molecule has 1 N–H and O–H groups in total. The fourth-order valence-corrected chi connectivity index (χ4v) is 5.27. The van der Waals surface area contributed by atoms with E-state index in [2.05, 4.69) is 16.6 Å². The molecule has 1 heterocycles. The molecule has 0 atom stereocenters. The van der Waals surface area contributed by atoms with Crippen molar-refractivity contribution in [1.82, 2.24) is 9.62 Å². The van der Waals surface area contributed by atoms with Gasteiger partial charge in [-0.1, -0.05) is 25.5 Å². The number of benzene rings is 1. The zero-order valence-corrected chi connectivity index (χ0v) is 17.7. The molecule has 1 saturated carbocycles. The van der Waals surface area contributed by atoms with Gasteiger partial charge in [0.2, 0.25) is 5.91 Å². The van der Waals surface area contributed by atoms with Gasteiger partial charge in [0.05, 0.1) is 4.90 Å². The molecular weight excluding hydrogens is 374 g/mol. The van der Waals surface area contributed by atoms with Gasteiger partial charge in [-0.15, -0.1) is 0 Å². The van der Waals surface area contributed by atoms with Gasteiger partial charge >= 0.3 is 0 Å². The Morgan fingerprint density at radius 2 is 1.86 bits per heavy atom. The number of hydrogen-bond acceptors (Lipinski definition) is 4. The van der Waals surface area contributed by atoms with E-state index < -0.39 is 10.0 Å². The van der Waals surface area contributed by atoms with Gasteiger partial charge < -0.3 is 4.90 Å². The van der Waals surface area contributed by atoms with E-state index in [1.165, 1.54) is 12.8 Å². The summed E-state index contributed by atoms with van der Waals surface area (Å²) >= 11 is 0. The summed E-state index contributed by atoms with van der Waals surface area (Å²) in [4.78, 5) is 19.1. The first-order valence-corrected chi connectivity index (χ1v) is 11.8. The molecule has 0 aromatic heterocycles. The van der Waals surface area contributed by atoms with Gasteiger partial charge in [0, 0.05) is 31.6 Å². The van der Waals surface area contributed by atoms with Crippen LogP contribution in [0.4, 0.5) is 0 Å². The third kappa shape index (κ3) is 4.93. The Morgan fingerprint density at radius 3 is 2.61 bits per heavy atom. The van der Waals surface area contributed by atoms with Crippen molar-refractivity contribution in [1.29, 1.82) is 0 Å². The first-order chi connectivity index (χ1) is 13.4. The highest BCUT2D eigenvalue weighted by Crippen LogP contribution is 2.27. The summed E-state index contributed by atoms with van der Waals surface area (Å²) in [5, 5.41) is 0. The molecule has 1 aromatic carbocycles. The number of sulfonamides is 1. The summed E-state index contributed by atoms with van der Waals surface area (Å²) < 4.78 is 26.6. The number of nitrogens with one attached hydrogen (secondary N) is 1. The van der Waals surface area contributed by atoms with Crippen molar-refractivity contribution in [3.05, 3.63) is 29.8 Å². The molecule has 154 valence electrons. The molecule has 0 radical (unpaired) electrons. The lowest BCUT2D eigenvalue weighted by Crippen LogP contribution is -2.39. The zero-order valence-electron chi connectivity index (χ0n) is 16.9. The minimum absolute atomic E-state index is 0.239. The quantitative estimate of drug-likeness (QED) is 0.707. The number of nitrogens with zero attached hydrogens (tertiary/aromatic N) is 2. The Kier molecular flexibility index (Phi) is 6.75. The average molecular weight is 406 g/mol. The van der Waals surface area contributed by atoms with Crippen LogP contribution in [0.2, 0.25) is 0 Å². The van der Waals surface area contributed by atoms with Crippen LogP contribution in [-0.4, -0.2) is 44.7 Å². The van der Waals surface area contributed by atoms with Crippen LogP contribution in [0.3, 0.4) is 0 Å². The number of fused-ring (bicyclic) bond motifs is 1. The Bertz CT molecular complexity index is 827. The average Bonchev–Trinajstić information content (AvgIpc) is 2.95. The number of carbonyl (C=O) groups excluding carboxylic acids is 1. The smallest absolute Gasteiger partial charge is 0.263 e. The van der Waals surface area contributed by atoms with Crippen molar-refractivity contribution in [2.45, 2.75) is 69.2 Å². The monoisotopic (exact) mass is 405 g/mol. The van der Waals surface area contributed by atoms with Crippen molar-refractivity contribution in [3.63, 3.8) is 0 Å². The fraction of sp³-hybridized carbons (Fsp3) is 0.619. The van der Waals surface area contributed by atoms with Gasteiger partial charge in [0.1, 0.15) is 5.84 Å². The highest BCUT2D eigenvalue weighted by atomic mass is 32.2. The summed E-state index contributed by atoms with van der Waals surface area (Å²) in [6.07, 6.45) is 7.85. The van der Waals surface area contributed by atoms with Gasteiger partial charge in [-0.25, -0.2) is 8.42 Å². The highest BCUT2D eigenvalue weighted by Gasteiger charge is 2.30. The first-order valence-electron chi connectivity index (χ1n) is 10.3. The molecule has 6 nitrogen and oxygen atoms in total. The fourth-order valence-electron chi connectivity index (χ4n) is 4.02. The van der Waals surface area contributed by atoms with Crippen LogP contribution < -0.4 is 4.72 Å². The van der Waals surface area contributed by atoms with Crippen LogP contribution in [0.1, 0.15) is 63.9 Å². The topological polar surface area (TPSA) is 78.8 Å². The number of amidine groups is 1. The lowest BCUT2D eigenvalue weighted by atomic mass is 9.86. The summed E-state index contributed by atoms with van der Waals surface area (Å²) in [5.41, 5.74) is 0.640. The number of carbonyl (C=O) groups is 1. The van der Waals surface area contributed by atoms with E-state index >= 15 is 0 Å². The maximum absolute atomic E-state index is 12.4. The predicted octanol–water partition coefficient (Wildman–Crippen LogP) is 3.32. The molecule has 1 aliphatic heterocycles. The molecule has 0 saturated heterocycles. The molecule has 1 aromatic rings. The second-order valence-electron chi connectivity index (χ2n) is 8.06. The van der Waals surface area contributed by atoms with Gasteiger partial charge in [0.25, 0.3) is 10.0 Å². The summed E-state index contributed by atoms with van der Waals surface area (Å²) in [6.45, 7) is 2.84. The van der Waals surface area contributed by atoms with E-state index in [0.29, 0.717) is 35.3 Å². The van der Waals surface area contributed by atoms with Gasteiger partial charge in [-0.3, -0.25) is 14.5 Å². The van der Waals surface area contributed by atoms with Crippen molar-refractivity contribution in [2.24, 2.45) is 10.9 Å². The zero-order chi connectivity index (χ0) is 20.1. The number of rotatable bonds is 7. The maximum atomic E-state index is 12.4. The molecule has 0 bridgehead atoms. The van der Waals surface area contributed by atoms with Gasteiger partial charge in [-0.2, -0.15) is 0 Å².